The van der Waals surface area contributed by atoms with Crippen LogP contribution >= 0.6 is 0 Å². The van der Waals surface area contributed by atoms with Gasteiger partial charge in [0.05, 0.1) is 5.75 Å². The quantitative estimate of drug-likeness (QED) is 0.293. The van der Waals surface area contributed by atoms with Gasteiger partial charge < -0.3 is 4.74 Å². The number of esters is 1. The number of ether oxygens (including phenoxy) is 1. The average Bonchev–Trinajstić information content (AvgIpc) is 3.59. The van der Waals surface area contributed by atoms with Crippen molar-refractivity contribution in [3.8, 4) is 0 Å². The highest BCUT2D eigenvalue weighted by Gasteiger charge is 2.58. The number of hydrogen-bond donors (Lipinski definition) is 0. The van der Waals surface area contributed by atoms with Gasteiger partial charge in [0.15, 0.2) is 11.4 Å². The number of hydrogen-bond acceptors (Lipinski definition) is 7. The van der Waals surface area contributed by atoms with Gasteiger partial charge in [0.1, 0.15) is 5.92 Å². The minimum atomic E-state index is -3.72. The second-order valence-corrected chi connectivity index (χ2v) is 11.0. The second-order valence-electron chi connectivity index (χ2n) is 9.16. The summed E-state index contributed by atoms with van der Waals surface area (Å²) in [6, 6.07) is 8.79. The SMILES string of the molecule is CCCC1(CCC)OC(=O)C(C(c2cccc(CS(=O)(=O)c3ncccn3)c2)C2CC2)C1=O. The summed E-state index contributed by atoms with van der Waals surface area (Å²) in [5.74, 6) is -1.70. The normalized spacial score (nSPS) is 21.1. The van der Waals surface area contributed by atoms with Crippen molar-refractivity contribution in [1.29, 1.82) is 0 Å². The van der Waals surface area contributed by atoms with Crippen molar-refractivity contribution in [2.75, 3.05) is 0 Å². The molecule has 8 heteroatoms. The average molecular weight is 471 g/mol. The molecule has 0 N–H and O–H groups in total. The Morgan fingerprint density at radius 1 is 1.06 bits per heavy atom. The van der Waals surface area contributed by atoms with E-state index in [1.54, 1.807) is 18.2 Å². The van der Waals surface area contributed by atoms with Crippen molar-refractivity contribution in [2.45, 2.75) is 74.8 Å². The molecule has 0 spiro atoms. The van der Waals surface area contributed by atoms with E-state index in [2.05, 4.69) is 9.97 Å². The molecule has 1 saturated carbocycles. The Hall–Kier alpha value is -2.61. The first-order valence-corrected chi connectivity index (χ1v) is 13.3. The number of ketones is 1. The lowest BCUT2D eigenvalue weighted by Gasteiger charge is -2.26. The lowest BCUT2D eigenvalue weighted by molar-refractivity contribution is -0.154. The molecule has 1 aliphatic heterocycles. The van der Waals surface area contributed by atoms with Crippen LogP contribution in [-0.4, -0.2) is 35.7 Å². The molecule has 0 bridgehead atoms. The minimum Gasteiger partial charge on any atom is -0.450 e. The molecular weight excluding hydrogens is 440 g/mol. The zero-order valence-corrected chi connectivity index (χ0v) is 19.9. The molecule has 2 heterocycles. The minimum absolute atomic E-state index is 0.108. The molecule has 1 saturated heterocycles. The molecule has 1 aliphatic carbocycles. The van der Waals surface area contributed by atoms with Gasteiger partial charge in [-0.1, -0.05) is 51.0 Å². The Kier molecular flexibility index (Phi) is 6.66. The Morgan fingerprint density at radius 3 is 2.33 bits per heavy atom. The zero-order chi connectivity index (χ0) is 23.6. The van der Waals surface area contributed by atoms with Gasteiger partial charge in [-0.25, -0.2) is 18.4 Å². The van der Waals surface area contributed by atoms with Crippen LogP contribution in [0.1, 0.15) is 69.4 Å². The second kappa shape index (κ2) is 9.33. The van der Waals surface area contributed by atoms with Crippen molar-refractivity contribution in [3.05, 3.63) is 53.9 Å². The van der Waals surface area contributed by atoms with E-state index < -0.39 is 27.3 Å². The van der Waals surface area contributed by atoms with Crippen molar-refractivity contribution in [1.82, 2.24) is 9.97 Å². The molecule has 4 rings (SSSR count). The van der Waals surface area contributed by atoms with Crippen molar-refractivity contribution in [3.63, 3.8) is 0 Å². The van der Waals surface area contributed by atoms with Gasteiger partial charge in [-0.15, -0.1) is 0 Å². The van der Waals surface area contributed by atoms with E-state index in [9.17, 15) is 18.0 Å². The van der Waals surface area contributed by atoms with Gasteiger partial charge in [-0.3, -0.25) is 9.59 Å². The number of nitrogens with zero attached hydrogens (tertiary/aromatic N) is 2. The van der Waals surface area contributed by atoms with E-state index in [-0.39, 0.29) is 28.5 Å². The number of sulfone groups is 1. The summed E-state index contributed by atoms with van der Waals surface area (Å²) in [5, 5.41) is -0.215. The third-order valence-electron chi connectivity index (χ3n) is 6.59. The van der Waals surface area contributed by atoms with Crippen LogP contribution in [0.15, 0.2) is 47.9 Å². The molecule has 176 valence electrons. The van der Waals surface area contributed by atoms with Crippen LogP contribution in [0.2, 0.25) is 0 Å². The summed E-state index contributed by atoms with van der Waals surface area (Å²) in [4.78, 5) is 34.4. The highest BCUT2D eigenvalue weighted by atomic mass is 32.2. The molecule has 7 nitrogen and oxygen atoms in total. The number of aromatic nitrogens is 2. The first-order chi connectivity index (χ1) is 15.8. The van der Waals surface area contributed by atoms with Crippen LogP contribution in [0.25, 0.3) is 0 Å². The number of carbonyl (C=O) groups is 2. The molecule has 0 amide bonds. The fourth-order valence-corrected chi connectivity index (χ4v) is 6.29. The van der Waals surface area contributed by atoms with E-state index >= 15 is 0 Å². The van der Waals surface area contributed by atoms with Crippen molar-refractivity contribution < 1.29 is 22.7 Å². The molecule has 2 unspecified atom stereocenters. The standard InChI is InChI=1S/C25H30N2O5S/c1-3-11-25(12-4-2)22(28)21(23(29)32-25)20(18-9-10-18)19-8-5-7-17(15-19)16-33(30,31)24-26-13-6-14-27-24/h5-8,13-15,18,20-21H,3-4,9-12,16H2,1-2H3. The van der Waals surface area contributed by atoms with Gasteiger partial charge in [0, 0.05) is 18.3 Å². The van der Waals surface area contributed by atoms with Crippen molar-refractivity contribution >= 4 is 21.6 Å². The highest BCUT2D eigenvalue weighted by molar-refractivity contribution is 7.90. The van der Waals surface area contributed by atoms with Crippen LogP contribution in [0.5, 0.6) is 0 Å². The van der Waals surface area contributed by atoms with E-state index in [4.69, 9.17) is 4.74 Å². The highest BCUT2D eigenvalue weighted by Crippen LogP contribution is 2.51. The molecule has 2 aliphatic rings. The van der Waals surface area contributed by atoms with Crippen molar-refractivity contribution in [2.24, 2.45) is 11.8 Å². The summed E-state index contributed by atoms with van der Waals surface area (Å²) < 4.78 is 31.3. The van der Waals surface area contributed by atoms with Crippen LogP contribution in [0.4, 0.5) is 0 Å². The summed E-state index contributed by atoms with van der Waals surface area (Å²) >= 11 is 0. The Bertz CT molecular complexity index is 1120. The monoisotopic (exact) mass is 470 g/mol. The number of carbonyl (C=O) groups excluding carboxylic acids is 2. The topological polar surface area (TPSA) is 103 Å². The third kappa shape index (κ3) is 4.71. The Morgan fingerprint density at radius 2 is 1.73 bits per heavy atom. The molecule has 2 atom stereocenters. The molecule has 33 heavy (non-hydrogen) atoms. The molecule has 2 aromatic rings. The maximum atomic E-state index is 13.6. The number of benzene rings is 1. The van der Waals surface area contributed by atoms with E-state index in [0.29, 0.717) is 18.4 Å². The summed E-state index contributed by atoms with van der Waals surface area (Å²) in [7, 11) is -3.72. The maximum absolute atomic E-state index is 13.6. The third-order valence-corrected chi connectivity index (χ3v) is 8.07. The number of rotatable bonds is 10. The summed E-state index contributed by atoms with van der Waals surface area (Å²) in [5.41, 5.74) is 0.375. The van der Waals surface area contributed by atoms with E-state index in [0.717, 1.165) is 31.2 Å². The largest absolute Gasteiger partial charge is 0.450 e. The van der Waals surface area contributed by atoms with E-state index in [1.807, 2.05) is 26.0 Å². The fraction of sp³-hybridized carbons (Fsp3) is 0.520. The Balaban J connectivity index is 1.65. The maximum Gasteiger partial charge on any atom is 0.318 e. The smallest absolute Gasteiger partial charge is 0.318 e. The molecule has 1 aromatic heterocycles. The predicted octanol–water partition coefficient (Wildman–Crippen LogP) is 4.03. The van der Waals surface area contributed by atoms with Gasteiger partial charge >= 0.3 is 5.97 Å². The summed E-state index contributed by atoms with van der Waals surface area (Å²) in [6.07, 6.45) is 7.27. The van der Waals surface area contributed by atoms with Gasteiger partial charge in [0.2, 0.25) is 15.0 Å². The first-order valence-electron chi connectivity index (χ1n) is 11.7. The molecule has 2 fully saturated rings. The van der Waals surface area contributed by atoms with Crippen LogP contribution in [0.3, 0.4) is 0 Å². The zero-order valence-electron chi connectivity index (χ0n) is 19.1. The first kappa shape index (κ1) is 23.5. The predicted molar refractivity (Wildman–Crippen MR) is 122 cm³/mol. The van der Waals surface area contributed by atoms with Gasteiger partial charge in [-0.05, 0) is 48.8 Å². The Labute approximate surface area is 194 Å². The molecular formula is C25H30N2O5S. The fourth-order valence-electron chi connectivity index (χ4n) is 5.10. The van der Waals surface area contributed by atoms with E-state index in [1.165, 1.54) is 12.4 Å². The lowest BCUT2D eigenvalue weighted by atomic mass is 9.75. The number of cyclic esters (lactones) is 1. The molecule has 0 radical (unpaired) electrons. The van der Waals surface area contributed by atoms with Gasteiger partial charge in [0.25, 0.3) is 0 Å². The number of Topliss-reactive ketones (excluding diaryl/α,β-unsaturated/α-hetero) is 1. The molecule has 1 aromatic carbocycles. The lowest BCUT2D eigenvalue weighted by Crippen LogP contribution is -2.38. The van der Waals surface area contributed by atoms with Crippen LogP contribution in [-0.2, 0) is 29.9 Å². The summed E-state index contributed by atoms with van der Waals surface area (Å²) in [6.45, 7) is 3.98. The van der Waals surface area contributed by atoms with Crippen LogP contribution in [0, 0.1) is 11.8 Å². The van der Waals surface area contributed by atoms with Crippen LogP contribution < -0.4 is 0 Å². The van der Waals surface area contributed by atoms with Gasteiger partial charge in [-0.2, -0.15) is 0 Å².